The first kappa shape index (κ1) is 16.1. The van der Waals surface area contributed by atoms with Gasteiger partial charge < -0.3 is 9.84 Å². The van der Waals surface area contributed by atoms with Crippen LogP contribution in [-0.4, -0.2) is 18.2 Å². The molecule has 0 unspecified atom stereocenters. The maximum absolute atomic E-state index is 11.3. The average Bonchev–Trinajstić information content (AvgIpc) is 2.62. The van der Waals surface area contributed by atoms with Crippen molar-refractivity contribution < 1.29 is 14.6 Å². The van der Waals surface area contributed by atoms with Crippen molar-refractivity contribution in [2.45, 2.75) is 0 Å². The van der Waals surface area contributed by atoms with Crippen molar-refractivity contribution in [3.63, 3.8) is 0 Å². The second-order valence-corrected chi connectivity index (χ2v) is 5.60. The van der Waals surface area contributed by atoms with Gasteiger partial charge in [-0.25, -0.2) is 4.79 Å². The predicted octanol–water partition coefficient (Wildman–Crippen LogP) is 5.38. The van der Waals surface area contributed by atoms with Crippen LogP contribution < -0.4 is 4.74 Å². The molecule has 0 saturated heterocycles. The summed E-state index contributed by atoms with van der Waals surface area (Å²) in [5.74, 6) is -0.902. The van der Waals surface area contributed by atoms with Crippen molar-refractivity contribution in [2.24, 2.45) is 0 Å². The zero-order valence-corrected chi connectivity index (χ0v) is 13.7. The minimum Gasteiger partial charge on any atom is -0.494 e. The van der Waals surface area contributed by atoms with E-state index in [0.717, 1.165) is 22.3 Å². The van der Waals surface area contributed by atoms with Crippen LogP contribution in [0.2, 0.25) is 5.02 Å². The topological polar surface area (TPSA) is 46.5 Å². The van der Waals surface area contributed by atoms with E-state index in [1.165, 1.54) is 13.2 Å². The minimum atomic E-state index is -1.07. The van der Waals surface area contributed by atoms with Crippen molar-refractivity contribution in [1.82, 2.24) is 0 Å². The van der Waals surface area contributed by atoms with Crippen LogP contribution in [0.1, 0.15) is 10.4 Å². The molecule has 3 aromatic carbocycles. The normalized spacial score (nSPS) is 10.4. The number of ether oxygens (including phenoxy) is 1. The van der Waals surface area contributed by atoms with E-state index >= 15 is 0 Å². The summed E-state index contributed by atoms with van der Waals surface area (Å²) >= 11 is 6.46. The van der Waals surface area contributed by atoms with Crippen molar-refractivity contribution in [3.8, 4) is 28.0 Å². The molecular formula is C20H15ClO3. The average molecular weight is 339 g/mol. The van der Waals surface area contributed by atoms with Crippen molar-refractivity contribution in [2.75, 3.05) is 7.11 Å². The van der Waals surface area contributed by atoms with Crippen LogP contribution in [0.5, 0.6) is 5.75 Å². The molecule has 0 fully saturated rings. The van der Waals surface area contributed by atoms with E-state index in [9.17, 15) is 9.90 Å². The number of halogens is 1. The maximum Gasteiger partial charge on any atom is 0.339 e. The molecule has 3 rings (SSSR count). The number of carboxylic acids is 1. The van der Waals surface area contributed by atoms with E-state index in [0.29, 0.717) is 5.02 Å². The molecule has 0 aliphatic rings. The monoisotopic (exact) mass is 338 g/mol. The van der Waals surface area contributed by atoms with Gasteiger partial charge in [0.25, 0.3) is 0 Å². The Morgan fingerprint density at radius 3 is 2.12 bits per heavy atom. The molecule has 0 aliphatic carbocycles. The quantitative estimate of drug-likeness (QED) is 0.694. The number of carboxylic acid groups (broad SMARTS) is 1. The smallest absolute Gasteiger partial charge is 0.339 e. The third kappa shape index (κ3) is 2.86. The lowest BCUT2D eigenvalue weighted by Gasteiger charge is -2.15. The fraction of sp³-hybridized carbons (Fsp3) is 0.0500. The number of hydrogen-bond acceptors (Lipinski definition) is 2. The largest absolute Gasteiger partial charge is 0.494 e. The van der Waals surface area contributed by atoms with Crippen LogP contribution in [-0.2, 0) is 0 Å². The highest BCUT2D eigenvalue weighted by Gasteiger charge is 2.19. The van der Waals surface area contributed by atoms with E-state index < -0.39 is 5.97 Å². The van der Waals surface area contributed by atoms with E-state index in [1.54, 1.807) is 6.07 Å². The minimum absolute atomic E-state index is 0.0449. The molecule has 0 atom stereocenters. The van der Waals surface area contributed by atoms with Crippen LogP contribution >= 0.6 is 11.6 Å². The number of aromatic carboxylic acids is 1. The molecule has 0 aromatic heterocycles. The number of benzene rings is 3. The van der Waals surface area contributed by atoms with Crippen LogP contribution in [0.25, 0.3) is 22.3 Å². The lowest BCUT2D eigenvalue weighted by molar-refractivity contribution is 0.0693. The first-order chi connectivity index (χ1) is 11.6. The number of carbonyl (C=O) groups is 1. The predicted molar refractivity (Wildman–Crippen MR) is 95.8 cm³/mol. The highest BCUT2D eigenvalue weighted by atomic mass is 35.5. The molecule has 0 saturated carbocycles. The summed E-state index contributed by atoms with van der Waals surface area (Å²) in [6, 6.07) is 21.1. The van der Waals surface area contributed by atoms with Crippen molar-refractivity contribution >= 4 is 17.6 Å². The van der Waals surface area contributed by atoms with Gasteiger partial charge in [0.1, 0.15) is 5.56 Å². The van der Waals surface area contributed by atoms with Gasteiger partial charge in [0.15, 0.2) is 5.75 Å². The highest BCUT2D eigenvalue weighted by molar-refractivity contribution is 6.35. The third-order valence-corrected chi connectivity index (χ3v) is 4.21. The van der Waals surface area contributed by atoms with E-state index in [2.05, 4.69) is 0 Å². The summed E-state index contributed by atoms with van der Waals surface area (Å²) in [7, 11) is 1.42. The Hall–Kier alpha value is -2.78. The number of rotatable bonds is 4. The Morgan fingerprint density at radius 1 is 0.875 bits per heavy atom. The first-order valence-corrected chi connectivity index (χ1v) is 7.76. The van der Waals surface area contributed by atoms with Gasteiger partial charge in [-0.1, -0.05) is 72.3 Å². The summed E-state index contributed by atoms with van der Waals surface area (Å²) in [5.41, 5.74) is 3.78. The summed E-state index contributed by atoms with van der Waals surface area (Å²) in [6.45, 7) is 0. The molecule has 120 valence electrons. The Morgan fingerprint density at radius 2 is 1.50 bits per heavy atom. The van der Waals surface area contributed by atoms with E-state index in [1.807, 2.05) is 54.6 Å². The van der Waals surface area contributed by atoms with E-state index in [-0.39, 0.29) is 11.3 Å². The molecule has 0 aliphatic heterocycles. The van der Waals surface area contributed by atoms with Gasteiger partial charge in [0.05, 0.1) is 12.1 Å². The molecule has 0 radical (unpaired) electrons. The zero-order valence-electron chi connectivity index (χ0n) is 13.0. The van der Waals surface area contributed by atoms with Crippen molar-refractivity contribution in [1.29, 1.82) is 0 Å². The molecule has 3 aromatic rings. The first-order valence-electron chi connectivity index (χ1n) is 7.38. The molecule has 1 N–H and O–H groups in total. The molecule has 4 heteroatoms. The van der Waals surface area contributed by atoms with Crippen LogP contribution in [0, 0.1) is 0 Å². The molecule has 3 nitrogen and oxygen atoms in total. The van der Waals surface area contributed by atoms with Gasteiger partial charge in [-0.2, -0.15) is 0 Å². The fourth-order valence-electron chi connectivity index (χ4n) is 2.72. The Balaban J connectivity index is 2.23. The standard InChI is InChI=1S/C20H15ClO3/c1-24-19-17(20(22)23)12-11-16(18(19)21)15-10-6-5-9-14(15)13-7-3-2-4-8-13/h2-12H,1H3,(H,22,23). The van der Waals surface area contributed by atoms with Gasteiger partial charge in [-0.05, 0) is 22.8 Å². The second kappa shape index (κ2) is 6.77. The summed E-state index contributed by atoms with van der Waals surface area (Å²) in [4.78, 5) is 11.3. The van der Waals surface area contributed by atoms with E-state index in [4.69, 9.17) is 16.3 Å². The molecule has 0 amide bonds. The highest BCUT2D eigenvalue weighted by Crippen LogP contribution is 2.41. The summed E-state index contributed by atoms with van der Waals surface area (Å²) in [6.07, 6.45) is 0. The van der Waals surface area contributed by atoms with Crippen LogP contribution in [0.4, 0.5) is 0 Å². The Labute approximate surface area is 145 Å². The Kier molecular flexibility index (Phi) is 4.54. The van der Waals surface area contributed by atoms with Gasteiger partial charge in [0, 0.05) is 5.56 Å². The van der Waals surface area contributed by atoms with Crippen molar-refractivity contribution in [3.05, 3.63) is 77.3 Å². The molecule has 0 bridgehead atoms. The maximum atomic E-state index is 11.3. The molecule has 0 heterocycles. The van der Waals surface area contributed by atoms with Gasteiger partial charge >= 0.3 is 5.97 Å². The zero-order chi connectivity index (χ0) is 17.1. The SMILES string of the molecule is COc1c(C(=O)O)ccc(-c2ccccc2-c2ccccc2)c1Cl. The lowest BCUT2D eigenvalue weighted by atomic mass is 9.94. The van der Waals surface area contributed by atoms with Crippen LogP contribution in [0.15, 0.2) is 66.7 Å². The third-order valence-electron chi connectivity index (χ3n) is 3.83. The van der Waals surface area contributed by atoms with Gasteiger partial charge in [-0.3, -0.25) is 0 Å². The fourth-order valence-corrected chi connectivity index (χ4v) is 3.06. The second-order valence-electron chi connectivity index (χ2n) is 5.22. The van der Waals surface area contributed by atoms with Crippen LogP contribution in [0.3, 0.4) is 0 Å². The number of methoxy groups -OCH3 is 1. The Bertz CT molecular complexity index is 889. The summed E-state index contributed by atoms with van der Waals surface area (Å²) < 4.78 is 5.23. The lowest BCUT2D eigenvalue weighted by Crippen LogP contribution is -2.01. The number of hydrogen-bond donors (Lipinski definition) is 1. The summed E-state index contributed by atoms with van der Waals surface area (Å²) in [5, 5.41) is 9.57. The van der Waals surface area contributed by atoms with Gasteiger partial charge in [0.2, 0.25) is 0 Å². The molecule has 24 heavy (non-hydrogen) atoms. The molecule has 0 spiro atoms. The van der Waals surface area contributed by atoms with Gasteiger partial charge in [-0.15, -0.1) is 0 Å². The molecular weight excluding hydrogens is 324 g/mol.